The van der Waals surface area contributed by atoms with Gasteiger partial charge in [-0.15, -0.1) is 0 Å². The van der Waals surface area contributed by atoms with Crippen molar-refractivity contribution in [2.24, 2.45) is 0 Å². The molecule has 0 spiro atoms. The van der Waals surface area contributed by atoms with Gasteiger partial charge < -0.3 is 9.64 Å². The van der Waals surface area contributed by atoms with Crippen LogP contribution in [0.3, 0.4) is 0 Å². The van der Waals surface area contributed by atoms with Gasteiger partial charge in [0.2, 0.25) is 10.0 Å². The first-order valence-electron chi connectivity index (χ1n) is 7.84. The summed E-state index contributed by atoms with van der Waals surface area (Å²) in [4.78, 5) is 14.1. The Bertz CT molecular complexity index is 635. The fourth-order valence-corrected chi connectivity index (χ4v) is 4.05. The molecule has 0 saturated carbocycles. The highest BCUT2D eigenvalue weighted by atomic mass is 32.2. The van der Waals surface area contributed by atoms with Crippen LogP contribution in [0.15, 0.2) is 23.1 Å². The number of hydrogen-bond donors (Lipinski definition) is 0. The predicted molar refractivity (Wildman–Crippen MR) is 90.4 cm³/mol. The smallest absolute Gasteiger partial charge is 0.253 e. The molecule has 0 N–H and O–H groups in total. The molecule has 0 heterocycles. The van der Waals surface area contributed by atoms with E-state index in [-0.39, 0.29) is 16.6 Å². The van der Waals surface area contributed by atoms with E-state index >= 15 is 0 Å². The number of carbonyl (C=O) groups is 1. The van der Waals surface area contributed by atoms with Crippen molar-refractivity contribution in [1.29, 1.82) is 0 Å². The summed E-state index contributed by atoms with van der Waals surface area (Å²) >= 11 is 0. The van der Waals surface area contributed by atoms with Gasteiger partial charge in [-0.05, 0) is 32.0 Å². The van der Waals surface area contributed by atoms with Gasteiger partial charge in [0.1, 0.15) is 10.6 Å². The number of hydrogen-bond acceptors (Lipinski definition) is 4. The minimum atomic E-state index is -3.70. The van der Waals surface area contributed by atoms with Gasteiger partial charge in [0.05, 0.1) is 7.11 Å². The summed E-state index contributed by atoms with van der Waals surface area (Å²) < 4.78 is 32.1. The molecule has 0 bridgehead atoms. The molecule has 1 rings (SSSR count). The van der Waals surface area contributed by atoms with E-state index in [1.165, 1.54) is 23.5 Å². The molecule has 0 fully saturated rings. The van der Waals surface area contributed by atoms with Crippen molar-refractivity contribution in [3.05, 3.63) is 23.8 Å². The van der Waals surface area contributed by atoms with Crippen LogP contribution in [-0.4, -0.2) is 56.8 Å². The van der Waals surface area contributed by atoms with Crippen molar-refractivity contribution < 1.29 is 17.9 Å². The first kappa shape index (κ1) is 19.4. The number of benzene rings is 1. The highest BCUT2D eigenvalue weighted by Crippen LogP contribution is 2.28. The third-order valence-corrected chi connectivity index (χ3v) is 5.86. The fourth-order valence-electron chi connectivity index (χ4n) is 2.41. The normalized spacial score (nSPS) is 11.6. The second-order valence-electron chi connectivity index (χ2n) is 4.93. The average molecular weight is 342 g/mol. The third-order valence-electron chi connectivity index (χ3n) is 3.78. The zero-order valence-corrected chi connectivity index (χ0v) is 15.3. The standard InChI is InChI=1S/C16H26N2O4S/c1-6-17(7-2)16(19)13-10-11-14(22-5)15(12-13)23(20,21)18(8-3)9-4/h10-12H,6-9H2,1-5H3. The van der Waals surface area contributed by atoms with Crippen LogP contribution in [0.1, 0.15) is 38.1 Å². The van der Waals surface area contributed by atoms with Crippen LogP contribution in [0, 0.1) is 0 Å². The minimum Gasteiger partial charge on any atom is -0.495 e. The summed E-state index contributed by atoms with van der Waals surface area (Å²) in [6.07, 6.45) is 0. The molecule has 23 heavy (non-hydrogen) atoms. The Morgan fingerprint density at radius 1 is 1.04 bits per heavy atom. The van der Waals surface area contributed by atoms with Crippen molar-refractivity contribution in [2.45, 2.75) is 32.6 Å². The molecule has 1 amide bonds. The van der Waals surface area contributed by atoms with E-state index in [0.29, 0.717) is 31.7 Å². The lowest BCUT2D eigenvalue weighted by Gasteiger charge is -2.22. The maximum atomic E-state index is 12.8. The summed E-state index contributed by atoms with van der Waals surface area (Å²) in [7, 11) is -2.28. The van der Waals surface area contributed by atoms with E-state index < -0.39 is 10.0 Å². The topological polar surface area (TPSA) is 66.9 Å². The van der Waals surface area contributed by atoms with Gasteiger partial charge >= 0.3 is 0 Å². The Morgan fingerprint density at radius 3 is 2.04 bits per heavy atom. The zero-order chi connectivity index (χ0) is 17.6. The zero-order valence-electron chi connectivity index (χ0n) is 14.5. The maximum absolute atomic E-state index is 12.8. The highest BCUT2D eigenvalue weighted by Gasteiger charge is 2.27. The summed E-state index contributed by atoms with van der Waals surface area (Å²) in [5.41, 5.74) is 0.347. The number of ether oxygens (including phenoxy) is 1. The number of rotatable bonds is 8. The second kappa shape index (κ2) is 8.31. The number of sulfonamides is 1. The molecule has 0 aromatic heterocycles. The van der Waals surface area contributed by atoms with Gasteiger partial charge in [-0.1, -0.05) is 13.8 Å². The average Bonchev–Trinajstić information content (AvgIpc) is 2.56. The van der Waals surface area contributed by atoms with Gasteiger partial charge in [-0.2, -0.15) is 4.31 Å². The molecule has 0 atom stereocenters. The van der Waals surface area contributed by atoms with Gasteiger partial charge in [0.25, 0.3) is 5.91 Å². The van der Waals surface area contributed by atoms with Crippen LogP contribution >= 0.6 is 0 Å². The number of nitrogens with zero attached hydrogens (tertiary/aromatic N) is 2. The lowest BCUT2D eigenvalue weighted by atomic mass is 10.2. The Morgan fingerprint density at radius 2 is 1.61 bits per heavy atom. The molecule has 0 saturated heterocycles. The molecule has 7 heteroatoms. The molecule has 0 aliphatic rings. The van der Waals surface area contributed by atoms with E-state index in [2.05, 4.69) is 0 Å². The van der Waals surface area contributed by atoms with Crippen molar-refractivity contribution in [3.63, 3.8) is 0 Å². The number of methoxy groups -OCH3 is 1. The minimum absolute atomic E-state index is 0.0294. The van der Waals surface area contributed by atoms with E-state index in [9.17, 15) is 13.2 Å². The van der Waals surface area contributed by atoms with Gasteiger partial charge in [0, 0.05) is 31.7 Å². The summed E-state index contributed by atoms with van der Waals surface area (Å²) in [6, 6.07) is 4.54. The number of carbonyl (C=O) groups excluding carboxylic acids is 1. The monoisotopic (exact) mass is 342 g/mol. The van der Waals surface area contributed by atoms with E-state index in [1.807, 2.05) is 13.8 Å². The van der Waals surface area contributed by atoms with E-state index in [4.69, 9.17) is 4.74 Å². The highest BCUT2D eigenvalue weighted by molar-refractivity contribution is 7.89. The lowest BCUT2D eigenvalue weighted by Crippen LogP contribution is -2.32. The van der Waals surface area contributed by atoms with E-state index in [0.717, 1.165) is 0 Å². The Balaban J connectivity index is 3.42. The Labute approximate surface area is 139 Å². The lowest BCUT2D eigenvalue weighted by molar-refractivity contribution is 0.0772. The molecule has 1 aromatic carbocycles. The second-order valence-corrected chi connectivity index (χ2v) is 6.84. The predicted octanol–water partition coefficient (Wildman–Crippen LogP) is 2.21. The van der Waals surface area contributed by atoms with Crippen LogP contribution in [0.2, 0.25) is 0 Å². The fraction of sp³-hybridized carbons (Fsp3) is 0.562. The number of amides is 1. The van der Waals surface area contributed by atoms with E-state index in [1.54, 1.807) is 24.8 Å². The first-order valence-corrected chi connectivity index (χ1v) is 9.28. The molecule has 130 valence electrons. The van der Waals surface area contributed by atoms with Gasteiger partial charge in [-0.25, -0.2) is 8.42 Å². The molecular weight excluding hydrogens is 316 g/mol. The maximum Gasteiger partial charge on any atom is 0.253 e. The quantitative estimate of drug-likeness (QED) is 0.726. The van der Waals surface area contributed by atoms with Crippen LogP contribution in [0.4, 0.5) is 0 Å². The molecular formula is C16H26N2O4S. The SMILES string of the molecule is CCN(CC)C(=O)c1ccc(OC)c(S(=O)(=O)N(CC)CC)c1. The first-order chi connectivity index (χ1) is 10.9. The summed E-state index contributed by atoms with van der Waals surface area (Å²) in [5, 5.41) is 0. The molecule has 0 radical (unpaired) electrons. The van der Waals surface area contributed by atoms with Crippen LogP contribution < -0.4 is 4.74 Å². The van der Waals surface area contributed by atoms with Gasteiger partial charge in [-0.3, -0.25) is 4.79 Å². The Hall–Kier alpha value is -1.60. The van der Waals surface area contributed by atoms with Crippen molar-refractivity contribution in [1.82, 2.24) is 9.21 Å². The van der Waals surface area contributed by atoms with Crippen LogP contribution in [-0.2, 0) is 10.0 Å². The molecule has 6 nitrogen and oxygen atoms in total. The van der Waals surface area contributed by atoms with Gasteiger partial charge in [0.15, 0.2) is 0 Å². The summed E-state index contributed by atoms with van der Waals surface area (Å²) in [6.45, 7) is 9.18. The molecule has 0 unspecified atom stereocenters. The van der Waals surface area contributed by atoms with Crippen LogP contribution in [0.25, 0.3) is 0 Å². The molecule has 1 aromatic rings. The third kappa shape index (κ3) is 4.03. The van der Waals surface area contributed by atoms with Crippen molar-refractivity contribution in [2.75, 3.05) is 33.3 Å². The van der Waals surface area contributed by atoms with Crippen molar-refractivity contribution in [3.8, 4) is 5.75 Å². The van der Waals surface area contributed by atoms with Crippen molar-refractivity contribution >= 4 is 15.9 Å². The largest absolute Gasteiger partial charge is 0.495 e. The molecule has 0 aliphatic heterocycles. The summed E-state index contributed by atoms with van der Waals surface area (Å²) in [5.74, 6) is 0.0571. The van der Waals surface area contributed by atoms with Crippen LogP contribution in [0.5, 0.6) is 5.75 Å². The Kier molecular flexibility index (Phi) is 7.02. The molecule has 0 aliphatic carbocycles.